The minimum absolute atomic E-state index is 0.226. The van der Waals surface area contributed by atoms with Crippen molar-refractivity contribution in [1.29, 1.82) is 0 Å². The van der Waals surface area contributed by atoms with Crippen LogP contribution in [0.2, 0.25) is 0 Å². The van der Waals surface area contributed by atoms with Gasteiger partial charge in [-0.1, -0.05) is 15.9 Å². The second kappa shape index (κ2) is 5.74. The van der Waals surface area contributed by atoms with Gasteiger partial charge in [-0.2, -0.15) is 0 Å². The molecule has 1 N–H and O–H groups in total. The fourth-order valence-corrected chi connectivity index (χ4v) is 2.31. The first kappa shape index (κ1) is 12.0. The molecule has 0 aliphatic rings. The Morgan fingerprint density at radius 1 is 1.64 bits per heavy atom. The van der Waals surface area contributed by atoms with Gasteiger partial charge in [0.15, 0.2) is 0 Å². The zero-order valence-corrected chi connectivity index (χ0v) is 11.6. The Bertz CT molecular complexity index is 357. The number of rotatable bonds is 3. The van der Waals surface area contributed by atoms with Crippen LogP contribution in [-0.2, 0) is 0 Å². The molecule has 1 aromatic carbocycles. The Kier molecular flexibility index (Phi) is 4.93. The second-order valence-corrected chi connectivity index (χ2v) is 5.02. The average molecular weight is 364 g/mol. The molecule has 0 aliphatic heterocycles. The summed E-state index contributed by atoms with van der Waals surface area (Å²) >= 11 is 5.83. The SMILES string of the molecule is C#CCC(NC)c1cc(I)ccc1Br. The molecule has 0 radical (unpaired) electrons. The Hall–Kier alpha value is -0.0500. The van der Waals surface area contributed by atoms with Crippen LogP contribution in [0.3, 0.4) is 0 Å². The van der Waals surface area contributed by atoms with Crippen LogP contribution in [0.25, 0.3) is 0 Å². The summed E-state index contributed by atoms with van der Waals surface area (Å²) < 4.78 is 2.32. The van der Waals surface area contributed by atoms with E-state index in [1.54, 1.807) is 0 Å². The molecular weight excluding hydrogens is 353 g/mol. The van der Waals surface area contributed by atoms with Gasteiger partial charge in [-0.15, -0.1) is 12.3 Å². The highest BCUT2D eigenvalue weighted by atomic mass is 127. The van der Waals surface area contributed by atoms with Gasteiger partial charge in [-0.25, -0.2) is 0 Å². The lowest BCUT2D eigenvalue weighted by Crippen LogP contribution is -2.16. The van der Waals surface area contributed by atoms with E-state index in [-0.39, 0.29) is 6.04 Å². The second-order valence-electron chi connectivity index (χ2n) is 2.92. The number of benzene rings is 1. The molecule has 0 fully saturated rings. The summed E-state index contributed by atoms with van der Waals surface area (Å²) in [5.41, 5.74) is 1.22. The number of hydrogen-bond acceptors (Lipinski definition) is 1. The lowest BCUT2D eigenvalue weighted by atomic mass is 10.0. The molecule has 1 nitrogen and oxygen atoms in total. The Labute approximate surface area is 107 Å². The lowest BCUT2D eigenvalue weighted by Gasteiger charge is -2.15. The molecule has 0 saturated heterocycles. The van der Waals surface area contributed by atoms with E-state index in [0.717, 1.165) is 4.47 Å². The van der Waals surface area contributed by atoms with Crippen molar-refractivity contribution in [3.8, 4) is 12.3 Å². The topological polar surface area (TPSA) is 12.0 Å². The van der Waals surface area contributed by atoms with Gasteiger partial charge in [0.2, 0.25) is 0 Å². The fourth-order valence-electron chi connectivity index (χ4n) is 1.27. The number of nitrogens with one attached hydrogen (secondary N) is 1. The van der Waals surface area contributed by atoms with Gasteiger partial charge in [-0.3, -0.25) is 0 Å². The van der Waals surface area contributed by atoms with Crippen LogP contribution < -0.4 is 5.32 Å². The van der Waals surface area contributed by atoms with Crippen molar-refractivity contribution in [2.75, 3.05) is 7.05 Å². The maximum atomic E-state index is 5.32. The highest BCUT2D eigenvalue weighted by molar-refractivity contribution is 14.1. The quantitative estimate of drug-likeness (QED) is 0.641. The molecular formula is C11H11BrIN. The van der Waals surface area contributed by atoms with E-state index in [1.807, 2.05) is 7.05 Å². The zero-order chi connectivity index (χ0) is 10.6. The highest BCUT2D eigenvalue weighted by Crippen LogP contribution is 2.26. The molecule has 0 spiro atoms. The molecule has 1 atom stereocenters. The normalized spacial score (nSPS) is 12.1. The summed E-state index contributed by atoms with van der Waals surface area (Å²) in [6.45, 7) is 0. The molecule has 0 aliphatic carbocycles. The third-order valence-corrected chi connectivity index (χ3v) is 3.40. The van der Waals surface area contributed by atoms with E-state index in [9.17, 15) is 0 Å². The standard InChI is InChI=1S/C11H11BrIN/c1-3-4-11(14-2)9-7-8(13)5-6-10(9)12/h1,5-7,11,14H,4H2,2H3. The smallest absolute Gasteiger partial charge is 0.0439 e. The molecule has 0 heterocycles. The minimum Gasteiger partial charge on any atom is -0.312 e. The van der Waals surface area contributed by atoms with E-state index in [0.29, 0.717) is 6.42 Å². The molecule has 14 heavy (non-hydrogen) atoms. The summed E-state index contributed by atoms with van der Waals surface area (Å²) in [4.78, 5) is 0. The third-order valence-electron chi connectivity index (χ3n) is 2.00. The summed E-state index contributed by atoms with van der Waals surface area (Å²) in [5, 5.41) is 3.21. The van der Waals surface area contributed by atoms with Crippen LogP contribution in [0.1, 0.15) is 18.0 Å². The van der Waals surface area contributed by atoms with E-state index in [1.165, 1.54) is 9.13 Å². The number of hydrogen-bond donors (Lipinski definition) is 1. The minimum atomic E-state index is 0.226. The van der Waals surface area contributed by atoms with Gasteiger partial charge >= 0.3 is 0 Å². The summed E-state index contributed by atoms with van der Waals surface area (Å²) in [6, 6.07) is 6.49. The molecule has 74 valence electrons. The van der Waals surface area contributed by atoms with Crippen LogP contribution in [0, 0.1) is 15.9 Å². The van der Waals surface area contributed by atoms with Gasteiger partial charge in [-0.05, 0) is 53.4 Å². The monoisotopic (exact) mass is 363 g/mol. The first-order chi connectivity index (χ1) is 6.69. The molecule has 1 rings (SSSR count). The van der Waals surface area contributed by atoms with Crippen LogP contribution in [0.15, 0.2) is 22.7 Å². The van der Waals surface area contributed by atoms with Crippen molar-refractivity contribution < 1.29 is 0 Å². The molecule has 3 heteroatoms. The summed E-state index contributed by atoms with van der Waals surface area (Å²) in [6.07, 6.45) is 6.03. The zero-order valence-electron chi connectivity index (χ0n) is 7.85. The van der Waals surface area contributed by atoms with Gasteiger partial charge in [0.1, 0.15) is 0 Å². The van der Waals surface area contributed by atoms with Crippen LogP contribution in [0.5, 0.6) is 0 Å². The van der Waals surface area contributed by atoms with E-state index >= 15 is 0 Å². The van der Waals surface area contributed by atoms with E-state index < -0.39 is 0 Å². The van der Waals surface area contributed by atoms with Crippen LogP contribution in [0.4, 0.5) is 0 Å². The van der Waals surface area contributed by atoms with E-state index in [4.69, 9.17) is 6.42 Å². The van der Waals surface area contributed by atoms with Crippen molar-refractivity contribution in [2.45, 2.75) is 12.5 Å². The molecule has 0 aromatic heterocycles. The van der Waals surface area contributed by atoms with Crippen LogP contribution >= 0.6 is 38.5 Å². The summed E-state index contributed by atoms with van der Waals surface area (Å²) in [5.74, 6) is 2.68. The van der Waals surface area contributed by atoms with E-state index in [2.05, 4.69) is 68.0 Å². The van der Waals surface area contributed by atoms with Gasteiger partial charge in [0, 0.05) is 20.5 Å². The molecule has 1 unspecified atom stereocenters. The maximum Gasteiger partial charge on any atom is 0.0439 e. The highest BCUT2D eigenvalue weighted by Gasteiger charge is 2.11. The Morgan fingerprint density at radius 3 is 2.93 bits per heavy atom. The first-order valence-electron chi connectivity index (χ1n) is 4.24. The molecule has 0 amide bonds. The largest absolute Gasteiger partial charge is 0.312 e. The van der Waals surface area contributed by atoms with Gasteiger partial charge < -0.3 is 5.32 Å². The molecule has 1 aromatic rings. The maximum absolute atomic E-state index is 5.32. The van der Waals surface area contributed by atoms with Crippen LogP contribution in [-0.4, -0.2) is 7.05 Å². The van der Waals surface area contributed by atoms with Crippen molar-refractivity contribution in [3.05, 3.63) is 31.8 Å². The van der Waals surface area contributed by atoms with Crippen molar-refractivity contribution in [1.82, 2.24) is 5.32 Å². The Balaban J connectivity index is 3.03. The summed E-state index contributed by atoms with van der Waals surface area (Å²) in [7, 11) is 1.92. The predicted octanol–water partition coefficient (Wildman–Crippen LogP) is 3.34. The Morgan fingerprint density at radius 2 is 2.36 bits per heavy atom. The van der Waals surface area contributed by atoms with Crippen molar-refractivity contribution >= 4 is 38.5 Å². The molecule has 0 bridgehead atoms. The lowest BCUT2D eigenvalue weighted by molar-refractivity contribution is 0.609. The predicted molar refractivity (Wildman–Crippen MR) is 72.1 cm³/mol. The van der Waals surface area contributed by atoms with Crippen molar-refractivity contribution in [3.63, 3.8) is 0 Å². The average Bonchev–Trinajstić information content (AvgIpc) is 2.18. The number of terminal acetylenes is 1. The molecule has 0 saturated carbocycles. The van der Waals surface area contributed by atoms with Gasteiger partial charge in [0.05, 0.1) is 0 Å². The van der Waals surface area contributed by atoms with Gasteiger partial charge in [0.25, 0.3) is 0 Å². The number of halogens is 2. The van der Waals surface area contributed by atoms with Crippen molar-refractivity contribution in [2.24, 2.45) is 0 Å². The first-order valence-corrected chi connectivity index (χ1v) is 6.12. The fraction of sp³-hybridized carbons (Fsp3) is 0.273. The third kappa shape index (κ3) is 2.97.